The number of fused-ring (bicyclic) bond motifs is 1. The lowest BCUT2D eigenvalue weighted by atomic mass is 10.0. The SMILES string of the molecule is CC(I)CCC1OC(=O)c2ccccc21. The minimum Gasteiger partial charge on any atom is -0.454 e. The van der Waals surface area contributed by atoms with Crippen molar-refractivity contribution in [2.24, 2.45) is 0 Å². The molecule has 3 heteroatoms. The van der Waals surface area contributed by atoms with Gasteiger partial charge < -0.3 is 4.74 Å². The van der Waals surface area contributed by atoms with Gasteiger partial charge in [0.05, 0.1) is 5.56 Å². The molecule has 0 bridgehead atoms. The lowest BCUT2D eigenvalue weighted by Gasteiger charge is -2.11. The molecule has 1 aliphatic heterocycles. The van der Waals surface area contributed by atoms with Crippen LogP contribution in [-0.2, 0) is 4.74 Å². The van der Waals surface area contributed by atoms with Crippen molar-refractivity contribution >= 4 is 28.6 Å². The van der Waals surface area contributed by atoms with Gasteiger partial charge in [-0.3, -0.25) is 0 Å². The molecule has 1 aliphatic rings. The van der Waals surface area contributed by atoms with Crippen molar-refractivity contribution in [3.63, 3.8) is 0 Å². The minimum atomic E-state index is -0.170. The van der Waals surface area contributed by atoms with Crippen LogP contribution < -0.4 is 0 Å². The summed E-state index contributed by atoms with van der Waals surface area (Å²) in [5, 5.41) is 0. The van der Waals surface area contributed by atoms with Gasteiger partial charge in [0.1, 0.15) is 6.10 Å². The lowest BCUT2D eigenvalue weighted by molar-refractivity contribution is 0.0365. The topological polar surface area (TPSA) is 26.3 Å². The molecular weight excluding hydrogens is 303 g/mol. The highest BCUT2D eigenvalue weighted by Gasteiger charge is 2.29. The molecule has 0 saturated carbocycles. The van der Waals surface area contributed by atoms with Crippen LogP contribution in [0.25, 0.3) is 0 Å². The Hall–Kier alpha value is -0.580. The summed E-state index contributed by atoms with van der Waals surface area (Å²) in [4.78, 5) is 11.5. The standard InChI is InChI=1S/C12H13IO2/c1-8(13)6-7-11-9-4-2-3-5-10(9)12(14)15-11/h2-5,8,11H,6-7H2,1H3. The Morgan fingerprint density at radius 3 is 2.93 bits per heavy atom. The molecule has 0 N–H and O–H groups in total. The van der Waals surface area contributed by atoms with E-state index in [1.54, 1.807) is 0 Å². The fourth-order valence-electron chi connectivity index (χ4n) is 1.82. The van der Waals surface area contributed by atoms with E-state index in [0.717, 1.165) is 24.0 Å². The van der Waals surface area contributed by atoms with Crippen molar-refractivity contribution < 1.29 is 9.53 Å². The lowest BCUT2D eigenvalue weighted by Crippen LogP contribution is -2.01. The second-order valence-corrected chi connectivity index (χ2v) is 5.97. The molecule has 0 aromatic heterocycles. The van der Waals surface area contributed by atoms with Gasteiger partial charge in [0.15, 0.2) is 0 Å². The zero-order valence-electron chi connectivity index (χ0n) is 8.57. The predicted molar refractivity (Wildman–Crippen MR) is 67.3 cm³/mol. The molecule has 0 amide bonds. The molecule has 0 saturated heterocycles. The summed E-state index contributed by atoms with van der Waals surface area (Å²) in [6.07, 6.45) is 1.98. The van der Waals surface area contributed by atoms with Gasteiger partial charge in [-0.05, 0) is 18.9 Å². The van der Waals surface area contributed by atoms with Crippen LogP contribution in [0.3, 0.4) is 0 Å². The highest BCUT2D eigenvalue weighted by atomic mass is 127. The van der Waals surface area contributed by atoms with Crippen LogP contribution in [0.1, 0.15) is 41.8 Å². The number of cyclic esters (lactones) is 1. The van der Waals surface area contributed by atoms with Gasteiger partial charge >= 0.3 is 5.97 Å². The number of benzene rings is 1. The highest BCUT2D eigenvalue weighted by molar-refractivity contribution is 14.1. The second-order valence-electron chi connectivity index (χ2n) is 3.84. The first kappa shape index (κ1) is 10.9. The molecule has 1 aromatic rings. The smallest absolute Gasteiger partial charge is 0.339 e. The summed E-state index contributed by atoms with van der Waals surface area (Å²) in [7, 11) is 0. The Bertz CT molecular complexity index is 374. The van der Waals surface area contributed by atoms with Crippen LogP contribution in [-0.4, -0.2) is 9.89 Å². The zero-order valence-corrected chi connectivity index (χ0v) is 10.7. The number of hydrogen-bond donors (Lipinski definition) is 0. The van der Waals surface area contributed by atoms with Gasteiger partial charge in [0.25, 0.3) is 0 Å². The monoisotopic (exact) mass is 316 g/mol. The molecule has 1 heterocycles. The van der Waals surface area contributed by atoms with E-state index < -0.39 is 0 Å². The van der Waals surface area contributed by atoms with Crippen LogP contribution >= 0.6 is 22.6 Å². The molecule has 0 radical (unpaired) electrons. The van der Waals surface area contributed by atoms with E-state index in [1.165, 1.54) is 0 Å². The van der Waals surface area contributed by atoms with Gasteiger partial charge in [-0.1, -0.05) is 47.7 Å². The molecule has 2 unspecified atom stereocenters. The van der Waals surface area contributed by atoms with Crippen molar-refractivity contribution in [1.82, 2.24) is 0 Å². The molecule has 1 aromatic carbocycles. The third kappa shape index (κ3) is 2.33. The number of carbonyl (C=O) groups excluding carboxylic acids is 1. The molecular formula is C12H13IO2. The van der Waals surface area contributed by atoms with Gasteiger partial charge in [-0.25, -0.2) is 4.79 Å². The van der Waals surface area contributed by atoms with Crippen LogP contribution in [0.2, 0.25) is 0 Å². The normalized spacial score (nSPS) is 20.9. The average Bonchev–Trinajstić information content (AvgIpc) is 2.54. The zero-order chi connectivity index (χ0) is 10.8. The Morgan fingerprint density at radius 2 is 2.20 bits per heavy atom. The summed E-state index contributed by atoms with van der Waals surface area (Å²) >= 11 is 2.39. The molecule has 80 valence electrons. The summed E-state index contributed by atoms with van der Waals surface area (Å²) in [6.45, 7) is 2.17. The quantitative estimate of drug-likeness (QED) is 0.485. The molecule has 2 atom stereocenters. The van der Waals surface area contributed by atoms with Crippen molar-refractivity contribution in [3.05, 3.63) is 35.4 Å². The van der Waals surface area contributed by atoms with Gasteiger partial charge in [-0.2, -0.15) is 0 Å². The molecule has 0 fully saturated rings. The Labute approximate surface area is 103 Å². The maximum atomic E-state index is 11.5. The number of ether oxygens (including phenoxy) is 1. The van der Waals surface area contributed by atoms with E-state index in [2.05, 4.69) is 29.5 Å². The maximum absolute atomic E-state index is 11.5. The van der Waals surface area contributed by atoms with E-state index in [0.29, 0.717) is 3.92 Å². The van der Waals surface area contributed by atoms with E-state index in [9.17, 15) is 4.79 Å². The number of halogens is 1. The summed E-state index contributed by atoms with van der Waals surface area (Å²) in [5.41, 5.74) is 1.79. The fourth-order valence-corrected chi connectivity index (χ4v) is 2.17. The maximum Gasteiger partial charge on any atom is 0.339 e. The van der Waals surface area contributed by atoms with Gasteiger partial charge in [-0.15, -0.1) is 0 Å². The fraction of sp³-hybridized carbons (Fsp3) is 0.417. The molecule has 2 nitrogen and oxygen atoms in total. The van der Waals surface area contributed by atoms with Crippen LogP contribution in [0.5, 0.6) is 0 Å². The molecule has 0 spiro atoms. The first-order chi connectivity index (χ1) is 7.18. The number of hydrogen-bond acceptors (Lipinski definition) is 2. The number of carbonyl (C=O) groups is 1. The first-order valence-electron chi connectivity index (χ1n) is 5.12. The Morgan fingerprint density at radius 1 is 1.47 bits per heavy atom. The molecule has 0 aliphatic carbocycles. The van der Waals surface area contributed by atoms with Crippen LogP contribution in [0, 0.1) is 0 Å². The number of esters is 1. The molecule has 2 rings (SSSR count). The first-order valence-corrected chi connectivity index (χ1v) is 6.37. The van der Waals surface area contributed by atoms with E-state index in [4.69, 9.17) is 4.74 Å². The summed E-state index contributed by atoms with van der Waals surface area (Å²) in [5.74, 6) is -0.170. The second kappa shape index (κ2) is 4.51. The Balaban J connectivity index is 2.14. The van der Waals surface area contributed by atoms with E-state index in [-0.39, 0.29) is 12.1 Å². The third-order valence-electron chi connectivity index (χ3n) is 2.60. The van der Waals surface area contributed by atoms with Crippen LogP contribution in [0.4, 0.5) is 0 Å². The van der Waals surface area contributed by atoms with Crippen LogP contribution in [0.15, 0.2) is 24.3 Å². The van der Waals surface area contributed by atoms with Crippen molar-refractivity contribution in [1.29, 1.82) is 0 Å². The largest absolute Gasteiger partial charge is 0.454 e. The summed E-state index contributed by atoms with van der Waals surface area (Å²) in [6, 6.07) is 7.67. The number of alkyl halides is 1. The number of rotatable bonds is 3. The van der Waals surface area contributed by atoms with Crippen molar-refractivity contribution in [3.8, 4) is 0 Å². The Kier molecular flexibility index (Phi) is 3.29. The van der Waals surface area contributed by atoms with E-state index in [1.807, 2.05) is 24.3 Å². The summed E-state index contributed by atoms with van der Waals surface area (Å²) < 4.78 is 5.96. The van der Waals surface area contributed by atoms with Gasteiger partial charge in [0.2, 0.25) is 0 Å². The van der Waals surface area contributed by atoms with E-state index >= 15 is 0 Å². The average molecular weight is 316 g/mol. The highest BCUT2D eigenvalue weighted by Crippen LogP contribution is 2.34. The van der Waals surface area contributed by atoms with Crippen molar-refractivity contribution in [2.75, 3.05) is 0 Å². The van der Waals surface area contributed by atoms with Crippen molar-refractivity contribution in [2.45, 2.75) is 29.8 Å². The molecule has 15 heavy (non-hydrogen) atoms. The third-order valence-corrected chi connectivity index (χ3v) is 3.23. The predicted octanol–water partition coefficient (Wildman–Crippen LogP) is 3.50. The minimum absolute atomic E-state index is 0.0223. The van der Waals surface area contributed by atoms with Gasteiger partial charge in [0, 0.05) is 9.49 Å².